The summed E-state index contributed by atoms with van der Waals surface area (Å²) in [6.07, 6.45) is 0.00141. The van der Waals surface area contributed by atoms with E-state index >= 15 is 0 Å². The van der Waals surface area contributed by atoms with Crippen LogP contribution in [0.5, 0.6) is 5.75 Å². The summed E-state index contributed by atoms with van der Waals surface area (Å²) in [7, 11) is 1.53. The number of ether oxygens (including phenoxy) is 2. The second-order valence-corrected chi connectivity index (χ2v) is 5.73. The number of rotatable bonds is 7. The molecule has 0 saturated carbocycles. The number of aryl methyl sites for hydroxylation is 1. The van der Waals surface area contributed by atoms with Gasteiger partial charge in [0.1, 0.15) is 5.75 Å². The summed E-state index contributed by atoms with van der Waals surface area (Å²) in [4.78, 5) is 23.9. The van der Waals surface area contributed by atoms with Crippen molar-refractivity contribution in [2.75, 3.05) is 12.4 Å². The van der Waals surface area contributed by atoms with E-state index < -0.39 is 12.0 Å². The number of thiophene rings is 1. The number of benzene rings is 1. The smallest absolute Gasteiger partial charge is 0.306 e. The van der Waals surface area contributed by atoms with Crippen LogP contribution in [0.1, 0.15) is 18.9 Å². The fraction of sp³-hybridized carbons (Fsp3) is 0.294. The van der Waals surface area contributed by atoms with Crippen LogP contribution in [0.2, 0.25) is 0 Å². The molecule has 0 radical (unpaired) electrons. The highest BCUT2D eigenvalue weighted by molar-refractivity contribution is 7.07. The Morgan fingerprint density at radius 1 is 1.26 bits per heavy atom. The molecular weight excluding hydrogens is 314 g/mol. The summed E-state index contributed by atoms with van der Waals surface area (Å²) in [6.45, 7) is 1.55. The van der Waals surface area contributed by atoms with Gasteiger partial charge >= 0.3 is 5.97 Å². The molecule has 1 aromatic carbocycles. The second kappa shape index (κ2) is 8.33. The molecule has 2 rings (SSSR count). The Labute approximate surface area is 139 Å². The zero-order valence-electron chi connectivity index (χ0n) is 13.1. The van der Waals surface area contributed by atoms with Crippen molar-refractivity contribution < 1.29 is 19.1 Å². The van der Waals surface area contributed by atoms with Crippen molar-refractivity contribution in [1.29, 1.82) is 0 Å². The lowest BCUT2D eigenvalue weighted by Gasteiger charge is -2.15. The van der Waals surface area contributed by atoms with Crippen molar-refractivity contribution in [1.82, 2.24) is 0 Å². The highest BCUT2D eigenvalue weighted by Crippen LogP contribution is 2.23. The number of para-hydroxylation sites is 2. The van der Waals surface area contributed by atoms with E-state index in [0.29, 0.717) is 17.9 Å². The third-order valence-electron chi connectivity index (χ3n) is 3.24. The highest BCUT2D eigenvalue weighted by atomic mass is 32.1. The number of hydrogen-bond acceptors (Lipinski definition) is 5. The molecule has 1 aromatic heterocycles. The monoisotopic (exact) mass is 333 g/mol. The molecule has 5 nitrogen and oxygen atoms in total. The first-order chi connectivity index (χ1) is 11.1. The van der Waals surface area contributed by atoms with Crippen LogP contribution in [0.4, 0.5) is 5.69 Å². The molecule has 0 aliphatic rings. The maximum atomic E-state index is 12.1. The summed E-state index contributed by atoms with van der Waals surface area (Å²) in [6, 6.07) is 9.03. The van der Waals surface area contributed by atoms with Gasteiger partial charge in [0.2, 0.25) is 0 Å². The minimum absolute atomic E-state index is 0.253. The first-order valence-electron chi connectivity index (χ1n) is 7.24. The standard InChI is InChI=1S/C17H19NO4S/c1-12(22-16(19)8-7-13-9-10-23-11-13)17(20)18-14-5-3-4-6-15(14)21-2/h3-6,9-12H,7-8H2,1-2H3,(H,18,20)/t12-/m1/s1. The Balaban J connectivity index is 1.83. The number of methoxy groups -OCH3 is 1. The number of carbonyl (C=O) groups is 2. The number of esters is 1. The van der Waals surface area contributed by atoms with E-state index in [1.165, 1.54) is 7.11 Å². The van der Waals surface area contributed by atoms with Crippen molar-refractivity contribution in [3.8, 4) is 5.75 Å². The van der Waals surface area contributed by atoms with Crippen LogP contribution < -0.4 is 10.1 Å². The van der Waals surface area contributed by atoms with Gasteiger partial charge in [0.25, 0.3) is 5.91 Å². The van der Waals surface area contributed by atoms with Gasteiger partial charge in [0, 0.05) is 6.42 Å². The molecule has 1 heterocycles. The number of nitrogens with one attached hydrogen (secondary N) is 1. The number of anilines is 1. The quantitative estimate of drug-likeness (QED) is 0.790. The summed E-state index contributed by atoms with van der Waals surface area (Å²) >= 11 is 1.59. The summed E-state index contributed by atoms with van der Waals surface area (Å²) < 4.78 is 10.3. The summed E-state index contributed by atoms with van der Waals surface area (Å²) in [5.74, 6) is -0.228. The number of hydrogen-bond donors (Lipinski definition) is 1. The minimum Gasteiger partial charge on any atom is -0.495 e. The van der Waals surface area contributed by atoms with Gasteiger partial charge in [0.15, 0.2) is 6.10 Å². The van der Waals surface area contributed by atoms with Crippen molar-refractivity contribution in [2.24, 2.45) is 0 Å². The molecule has 6 heteroatoms. The lowest BCUT2D eigenvalue weighted by Crippen LogP contribution is -2.30. The highest BCUT2D eigenvalue weighted by Gasteiger charge is 2.19. The molecule has 1 amide bonds. The van der Waals surface area contributed by atoms with Crippen molar-refractivity contribution in [2.45, 2.75) is 25.9 Å². The fourth-order valence-corrected chi connectivity index (χ4v) is 2.68. The van der Waals surface area contributed by atoms with E-state index in [1.807, 2.05) is 22.9 Å². The molecule has 0 aliphatic carbocycles. The average Bonchev–Trinajstić information content (AvgIpc) is 3.06. The second-order valence-electron chi connectivity index (χ2n) is 4.95. The molecule has 2 aromatic rings. The SMILES string of the molecule is COc1ccccc1NC(=O)[C@@H](C)OC(=O)CCc1ccsc1. The van der Waals surface area contributed by atoms with Crippen LogP contribution in [-0.4, -0.2) is 25.1 Å². The number of carbonyl (C=O) groups excluding carboxylic acids is 2. The molecule has 0 spiro atoms. The molecule has 0 fully saturated rings. The normalized spacial score (nSPS) is 11.6. The molecule has 122 valence electrons. The van der Waals surface area contributed by atoms with Gasteiger partial charge < -0.3 is 14.8 Å². The van der Waals surface area contributed by atoms with Crippen molar-refractivity contribution >= 4 is 28.9 Å². The summed E-state index contributed by atoms with van der Waals surface area (Å²) in [5.41, 5.74) is 1.64. The van der Waals surface area contributed by atoms with Gasteiger partial charge in [-0.05, 0) is 47.9 Å². The van der Waals surface area contributed by atoms with Gasteiger partial charge in [-0.2, -0.15) is 11.3 Å². The van der Waals surface area contributed by atoms with Crippen molar-refractivity contribution in [3.05, 3.63) is 46.7 Å². The maximum Gasteiger partial charge on any atom is 0.306 e. The van der Waals surface area contributed by atoms with Crippen LogP contribution in [0, 0.1) is 0 Å². The van der Waals surface area contributed by atoms with Crippen LogP contribution in [-0.2, 0) is 20.7 Å². The Morgan fingerprint density at radius 2 is 2.04 bits per heavy atom. The van der Waals surface area contributed by atoms with Crippen LogP contribution in [0.15, 0.2) is 41.1 Å². The average molecular weight is 333 g/mol. The van der Waals surface area contributed by atoms with Gasteiger partial charge in [-0.3, -0.25) is 9.59 Å². The number of amides is 1. The fourth-order valence-electron chi connectivity index (χ4n) is 1.97. The van der Waals surface area contributed by atoms with E-state index in [0.717, 1.165) is 5.56 Å². The molecule has 0 saturated heterocycles. The van der Waals surface area contributed by atoms with E-state index in [2.05, 4.69) is 5.32 Å². The predicted molar refractivity (Wildman–Crippen MR) is 89.8 cm³/mol. The lowest BCUT2D eigenvalue weighted by molar-refractivity contribution is -0.153. The Kier molecular flexibility index (Phi) is 6.17. The molecule has 0 unspecified atom stereocenters. The lowest BCUT2D eigenvalue weighted by atomic mass is 10.2. The van der Waals surface area contributed by atoms with Crippen molar-refractivity contribution in [3.63, 3.8) is 0 Å². The van der Waals surface area contributed by atoms with Crippen LogP contribution >= 0.6 is 11.3 Å². The zero-order valence-corrected chi connectivity index (χ0v) is 13.9. The first-order valence-corrected chi connectivity index (χ1v) is 8.19. The first kappa shape index (κ1) is 17.0. The Hall–Kier alpha value is -2.34. The van der Waals surface area contributed by atoms with E-state index in [-0.39, 0.29) is 12.4 Å². The molecule has 1 N–H and O–H groups in total. The maximum absolute atomic E-state index is 12.1. The molecule has 0 bridgehead atoms. The third-order valence-corrected chi connectivity index (χ3v) is 3.97. The van der Waals surface area contributed by atoms with Crippen LogP contribution in [0.25, 0.3) is 0 Å². The van der Waals surface area contributed by atoms with E-state index in [1.54, 1.807) is 36.5 Å². The van der Waals surface area contributed by atoms with Gasteiger partial charge in [-0.15, -0.1) is 0 Å². The predicted octanol–water partition coefficient (Wildman–Crippen LogP) is 3.26. The topological polar surface area (TPSA) is 64.6 Å². The van der Waals surface area contributed by atoms with Gasteiger partial charge in [-0.25, -0.2) is 0 Å². The van der Waals surface area contributed by atoms with E-state index in [4.69, 9.17) is 9.47 Å². The molecule has 0 aliphatic heterocycles. The molecule has 23 heavy (non-hydrogen) atoms. The zero-order chi connectivity index (χ0) is 16.7. The largest absolute Gasteiger partial charge is 0.495 e. The summed E-state index contributed by atoms with van der Waals surface area (Å²) in [5, 5.41) is 6.65. The Bertz CT molecular complexity index is 654. The van der Waals surface area contributed by atoms with Crippen LogP contribution in [0.3, 0.4) is 0 Å². The third kappa shape index (κ3) is 5.10. The van der Waals surface area contributed by atoms with E-state index in [9.17, 15) is 9.59 Å². The Morgan fingerprint density at radius 3 is 2.74 bits per heavy atom. The molecular formula is C17H19NO4S. The van der Waals surface area contributed by atoms with Gasteiger partial charge in [0.05, 0.1) is 12.8 Å². The molecule has 1 atom stereocenters. The minimum atomic E-state index is -0.866. The van der Waals surface area contributed by atoms with Gasteiger partial charge in [-0.1, -0.05) is 12.1 Å².